The molecule has 7 heteroatoms. The van der Waals surface area contributed by atoms with Gasteiger partial charge in [-0.15, -0.1) is 0 Å². The maximum Gasteiger partial charge on any atom is 0.408 e. The molecule has 0 bridgehead atoms. The number of likely N-dealkylation sites (tertiary alicyclic amines) is 1. The molecule has 1 atom stereocenters. The minimum atomic E-state index is -0.508. The van der Waals surface area contributed by atoms with Crippen molar-refractivity contribution < 1.29 is 9.53 Å². The number of nitrogens with zero attached hydrogens (tertiary/aromatic N) is 2. The van der Waals surface area contributed by atoms with E-state index in [0.29, 0.717) is 12.5 Å². The van der Waals surface area contributed by atoms with Crippen LogP contribution in [0, 0.1) is 5.92 Å². The molecule has 1 saturated heterocycles. The van der Waals surface area contributed by atoms with Crippen molar-refractivity contribution in [3.05, 3.63) is 0 Å². The molecular weight excluding hydrogens is 342 g/mol. The van der Waals surface area contributed by atoms with Crippen LogP contribution >= 0.6 is 0 Å². The third-order valence-corrected chi connectivity index (χ3v) is 5.05. The van der Waals surface area contributed by atoms with Crippen LogP contribution in [-0.4, -0.2) is 67.9 Å². The van der Waals surface area contributed by atoms with Crippen LogP contribution in [0.1, 0.15) is 60.8 Å². The number of ether oxygens (including phenoxy) is 1. The Morgan fingerprint density at radius 2 is 1.85 bits per heavy atom. The maximum atomic E-state index is 12.3. The molecule has 0 saturated carbocycles. The third-order valence-electron chi connectivity index (χ3n) is 5.05. The molecular formula is C20H41N5O2. The van der Waals surface area contributed by atoms with E-state index in [9.17, 15) is 4.79 Å². The zero-order valence-electron chi connectivity index (χ0n) is 18.4. The monoisotopic (exact) mass is 383 g/mol. The number of carbonyl (C=O) groups is 1. The molecule has 1 heterocycles. The summed E-state index contributed by atoms with van der Waals surface area (Å²) in [5.74, 6) is 1.46. The normalized spacial score (nSPS) is 19.1. The number of carbonyl (C=O) groups excluding carboxylic acids is 1. The highest BCUT2D eigenvalue weighted by Crippen LogP contribution is 2.18. The topological polar surface area (TPSA) is 78.0 Å². The van der Waals surface area contributed by atoms with Gasteiger partial charge >= 0.3 is 6.09 Å². The largest absolute Gasteiger partial charge is 0.444 e. The Hall–Kier alpha value is -1.50. The van der Waals surface area contributed by atoms with Gasteiger partial charge < -0.3 is 25.6 Å². The second kappa shape index (κ2) is 10.7. The molecule has 1 aliphatic heterocycles. The first-order valence-corrected chi connectivity index (χ1v) is 10.3. The first-order valence-electron chi connectivity index (χ1n) is 10.3. The molecule has 27 heavy (non-hydrogen) atoms. The highest BCUT2D eigenvalue weighted by Gasteiger charge is 2.30. The lowest BCUT2D eigenvalue weighted by atomic mass is 9.93. The van der Waals surface area contributed by atoms with Crippen molar-refractivity contribution in [2.45, 2.75) is 71.9 Å². The molecule has 158 valence electrons. The predicted octanol–water partition coefficient (Wildman–Crippen LogP) is 2.58. The molecule has 7 nitrogen and oxygen atoms in total. The van der Waals surface area contributed by atoms with Gasteiger partial charge in [0.25, 0.3) is 0 Å². The third kappa shape index (κ3) is 8.82. The number of hydrogen-bond donors (Lipinski definition) is 3. The second-order valence-electron chi connectivity index (χ2n) is 8.61. The average molecular weight is 384 g/mol. The highest BCUT2D eigenvalue weighted by atomic mass is 16.6. The molecule has 0 aromatic heterocycles. The van der Waals surface area contributed by atoms with Crippen molar-refractivity contribution in [3.63, 3.8) is 0 Å². The van der Waals surface area contributed by atoms with Crippen LogP contribution in [0.25, 0.3) is 0 Å². The van der Waals surface area contributed by atoms with Gasteiger partial charge in [-0.25, -0.2) is 4.79 Å². The average Bonchev–Trinajstić information content (AvgIpc) is 3.00. The summed E-state index contributed by atoms with van der Waals surface area (Å²) in [4.78, 5) is 19.4. The Morgan fingerprint density at radius 1 is 1.19 bits per heavy atom. The number of nitrogens with one attached hydrogen (secondary N) is 3. The smallest absolute Gasteiger partial charge is 0.408 e. The van der Waals surface area contributed by atoms with Crippen LogP contribution in [0.2, 0.25) is 0 Å². The van der Waals surface area contributed by atoms with Crippen molar-refractivity contribution in [1.29, 1.82) is 0 Å². The Labute approximate surface area is 165 Å². The van der Waals surface area contributed by atoms with E-state index in [2.05, 4.69) is 48.7 Å². The van der Waals surface area contributed by atoms with Gasteiger partial charge in [0.1, 0.15) is 5.60 Å². The number of alkyl carbamates (subject to hydrolysis) is 1. The van der Waals surface area contributed by atoms with Crippen LogP contribution in [0.4, 0.5) is 4.79 Å². The molecule has 1 fully saturated rings. The minimum absolute atomic E-state index is 0.381. The van der Waals surface area contributed by atoms with Gasteiger partial charge in [0.2, 0.25) is 0 Å². The number of guanidine groups is 1. The van der Waals surface area contributed by atoms with Crippen molar-refractivity contribution in [1.82, 2.24) is 20.9 Å². The summed E-state index contributed by atoms with van der Waals surface area (Å²) in [6, 6.07) is 0. The lowest BCUT2D eigenvalue weighted by molar-refractivity contribution is 0.0452. The number of rotatable bonds is 8. The summed E-state index contributed by atoms with van der Waals surface area (Å²) in [5.41, 5.74) is -0.913. The second-order valence-corrected chi connectivity index (χ2v) is 8.61. The van der Waals surface area contributed by atoms with Gasteiger partial charge in [0.15, 0.2) is 5.96 Å². The first kappa shape index (κ1) is 23.5. The Kier molecular flexibility index (Phi) is 9.36. The van der Waals surface area contributed by atoms with Gasteiger partial charge in [0.05, 0.1) is 12.1 Å². The quantitative estimate of drug-likeness (QED) is 0.444. The summed E-state index contributed by atoms with van der Waals surface area (Å²) in [7, 11) is 2.17. The predicted molar refractivity (Wildman–Crippen MR) is 112 cm³/mol. The molecule has 1 rings (SSSR count). The fourth-order valence-electron chi connectivity index (χ4n) is 3.22. The summed E-state index contributed by atoms with van der Waals surface area (Å²) in [6.07, 6.45) is 2.42. The Balaban J connectivity index is 2.70. The standard InChI is InChI=1S/C20H41N5O2/c1-8-20(9-2,24-18(26)27-19(4,5)6)15-23-17(21-10-3)22-13-16-11-12-25(7)14-16/h16H,8-15H2,1-7H3,(H,24,26)(H2,21,22,23). The number of aliphatic imine (C=N–C) groups is 1. The van der Waals surface area contributed by atoms with Gasteiger partial charge in [-0.1, -0.05) is 13.8 Å². The van der Waals surface area contributed by atoms with E-state index in [1.165, 1.54) is 6.42 Å². The van der Waals surface area contributed by atoms with Crippen LogP contribution in [0.15, 0.2) is 4.99 Å². The van der Waals surface area contributed by atoms with E-state index < -0.39 is 11.1 Å². The van der Waals surface area contributed by atoms with E-state index in [0.717, 1.165) is 45.0 Å². The molecule has 1 aliphatic rings. The minimum Gasteiger partial charge on any atom is -0.444 e. The van der Waals surface area contributed by atoms with E-state index in [4.69, 9.17) is 9.73 Å². The van der Waals surface area contributed by atoms with Gasteiger partial charge in [0, 0.05) is 19.6 Å². The van der Waals surface area contributed by atoms with Crippen molar-refractivity contribution in [2.24, 2.45) is 10.9 Å². The van der Waals surface area contributed by atoms with Gasteiger partial charge in [-0.05, 0) is 66.5 Å². The molecule has 0 aliphatic carbocycles. The van der Waals surface area contributed by atoms with E-state index in [1.54, 1.807) is 0 Å². The molecule has 1 amide bonds. The summed E-state index contributed by atoms with van der Waals surface area (Å²) in [6.45, 7) is 16.4. The molecule has 1 unspecified atom stereocenters. The van der Waals surface area contributed by atoms with Crippen molar-refractivity contribution in [3.8, 4) is 0 Å². The summed E-state index contributed by atoms with van der Waals surface area (Å²) >= 11 is 0. The highest BCUT2D eigenvalue weighted by molar-refractivity contribution is 5.79. The Morgan fingerprint density at radius 3 is 2.33 bits per heavy atom. The summed E-state index contributed by atoms with van der Waals surface area (Å²) in [5, 5.41) is 9.83. The van der Waals surface area contributed by atoms with E-state index >= 15 is 0 Å². The zero-order chi connectivity index (χ0) is 20.5. The van der Waals surface area contributed by atoms with Crippen LogP contribution in [-0.2, 0) is 4.74 Å². The maximum absolute atomic E-state index is 12.3. The van der Waals surface area contributed by atoms with E-state index in [-0.39, 0.29) is 6.09 Å². The zero-order valence-corrected chi connectivity index (χ0v) is 18.4. The molecule has 0 aromatic rings. The molecule has 3 N–H and O–H groups in total. The molecule has 0 radical (unpaired) electrons. The Bertz CT molecular complexity index is 483. The van der Waals surface area contributed by atoms with Crippen molar-refractivity contribution >= 4 is 12.1 Å². The number of hydrogen-bond acceptors (Lipinski definition) is 4. The fraction of sp³-hybridized carbons (Fsp3) is 0.900. The fourth-order valence-corrected chi connectivity index (χ4v) is 3.22. The van der Waals surface area contributed by atoms with Crippen molar-refractivity contribution in [2.75, 3.05) is 39.8 Å². The molecule has 0 spiro atoms. The van der Waals surface area contributed by atoms with Crippen LogP contribution < -0.4 is 16.0 Å². The van der Waals surface area contributed by atoms with Crippen LogP contribution in [0.3, 0.4) is 0 Å². The molecule has 0 aromatic carbocycles. The van der Waals surface area contributed by atoms with Gasteiger partial charge in [-0.3, -0.25) is 4.99 Å². The lowest BCUT2D eigenvalue weighted by Crippen LogP contribution is -2.52. The van der Waals surface area contributed by atoms with Crippen LogP contribution in [0.5, 0.6) is 0 Å². The SMILES string of the molecule is CCNC(=NCC(CC)(CC)NC(=O)OC(C)(C)C)NCC1CCN(C)C1. The lowest BCUT2D eigenvalue weighted by Gasteiger charge is -2.32. The number of amides is 1. The van der Waals surface area contributed by atoms with Gasteiger partial charge in [-0.2, -0.15) is 0 Å². The summed E-state index contributed by atoms with van der Waals surface area (Å²) < 4.78 is 5.44. The first-order chi connectivity index (χ1) is 12.6. The van der Waals surface area contributed by atoms with E-state index in [1.807, 2.05) is 20.8 Å².